The Morgan fingerprint density at radius 2 is 2.03 bits per heavy atom. The van der Waals surface area contributed by atoms with E-state index in [-0.39, 0.29) is 5.78 Å². The number of carbonyl (C=O) groups is 1. The van der Waals surface area contributed by atoms with Gasteiger partial charge in [-0.25, -0.2) is 0 Å². The first kappa shape index (κ1) is 20.1. The molecule has 7 heteroatoms. The Bertz CT molecular complexity index is 1140. The molecule has 0 radical (unpaired) electrons. The predicted octanol–water partition coefficient (Wildman–Crippen LogP) is 4.83. The first-order valence-corrected chi connectivity index (χ1v) is 10.7. The van der Waals surface area contributed by atoms with Gasteiger partial charge < -0.3 is 4.42 Å². The standard InChI is InChI=1S/C23H22N4O2S/c1-16-7-10-21(17(2)13-16)27-22(18-5-3-11-24-14-18)25-26-23(27)30-15-19(28)8-9-20-6-4-12-29-20/h3-7,10-14H,8-9,15H2,1-2H3. The Labute approximate surface area is 179 Å². The number of aryl methyl sites for hydroxylation is 3. The molecule has 0 saturated carbocycles. The van der Waals surface area contributed by atoms with Crippen molar-refractivity contribution in [1.82, 2.24) is 19.7 Å². The molecule has 0 unspecified atom stereocenters. The molecule has 0 bridgehead atoms. The van der Waals surface area contributed by atoms with Crippen LogP contribution in [0.1, 0.15) is 23.3 Å². The Morgan fingerprint density at radius 3 is 2.77 bits per heavy atom. The van der Waals surface area contributed by atoms with Crippen LogP contribution in [0.2, 0.25) is 0 Å². The van der Waals surface area contributed by atoms with Crippen LogP contribution in [0.5, 0.6) is 0 Å². The molecule has 0 aliphatic carbocycles. The fraction of sp³-hybridized carbons (Fsp3) is 0.217. The molecule has 0 saturated heterocycles. The number of thioether (sulfide) groups is 1. The SMILES string of the molecule is Cc1ccc(-n2c(SCC(=O)CCc3ccco3)nnc2-c2cccnc2)c(C)c1. The van der Waals surface area contributed by atoms with Crippen LogP contribution >= 0.6 is 11.8 Å². The van der Waals surface area contributed by atoms with E-state index >= 15 is 0 Å². The summed E-state index contributed by atoms with van der Waals surface area (Å²) in [4.78, 5) is 16.6. The summed E-state index contributed by atoms with van der Waals surface area (Å²) in [6, 6.07) is 13.8. The molecular weight excluding hydrogens is 396 g/mol. The fourth-order valence-electron chi connectivity index (χ4n) is 3.25. The van der Waals surface area contributed by atoms with E-state index < -0.39 is 0 Å². The number of hydrogen-bond donors (Lipinski definition) is 0. The van der Waals surface area contributed by atoms with E-state index in [1.54, 1.807) is 18.7 Å². The lowest BCUT2D eigenvalue weighted by molar-refractivity contribution is -0.116. The number of hydrogen-bond acceptors (Lipinski definition) is 6. The van der Waals surface area contributed by atoms with Gasteiger partial charge >= 0.3 is 0 Å². The molecule has 4 aromatic rings. The van der Waals surface area contributed by atoms with Crippen molar-refractivity contribution in [2.75, 3.05) is 5.75 Å². The van der Waals surface area contributed by atoms with E-state index in [0.29, 0.717) is 29.6 Å². The molecule has 3 heterocycles. The highest BCUT2D eigenvalue weighted by atomic mass is 32.2. The van der Waals surface area contributed by atoms with Crippen molar-refractivity contribution in [3.05, 3.63) is 78.0 Å². The molecule has 4 rings (SSSR count). The van der Waals surface area contributed by atoms with E-state index in [9.17, 15) is 4.79 Å². The first-order valence-electron chi connectivity index (χ1n) is 9.72. The topological polar surface area (TPSA) is 73.8 Å². The van der Waals surface area contributed by atoms with E-state index in [4.69, 9.17) is 4.42 Å². The van der Waals surface area contributed by atoms with Gasteiger partial charge in [0.25, 0.3) is 0 Å². The van der Waals surface area contributed by atoms with Crippen LogP contribution in [-0.4, -0.2) is 31.3 Å². The van der Waals surface area contributed by atoms with Crippen LogP contribution in [0.4, 0.5) is 0 Å². The van der Waals surface area contributed by atoms with Gasteiger partial charge in [-0.05, 0) is 49.7 Å². The number of ketones is 1. The summed E-state index contributed by atoms with van der Waals surface area (Å²) in [7, 11) is 0. The minimum atomic E-state index is 0.148. The molecule has 3 aromatic heterocycles. The average molecular weight is 419 g/mol. The van der Waals surface area contributed by atoms with Crippen molar-refractivity contribution in [2.45, 2.75) is 31.8 Å². The minimum Gasteiger partial charge on any atom is -0.469 e. The predicted molar refractivity (Wildman–Crippen MR) is 117 cm³/mol. The zero-order valence-electron chi connectivity index (χ0n) is 16.9. The Morgan fingerprint density at radius 1 is 1.13 bits per heavy atom. The number of aromatic nitrogens is 4. The molecule has 0 amide bonds. The molecule has 30 heavy (non-hydrogen) atoms. The summed E-state index contributed by atoms with van der Waals surface area (Å²) >= 11 is 1.40. The maximum Gasteiger partial charge on any atom is 0.196 e. The fourth-order valence-corrected chi connectivity index (χ4v) is 4.10. The Balaban J connectivity index is 1.59. The molecular formula is C23H22N4O2S. The van der Waals surface area contributed by atoms with Crippen LogP contribution in [-0.2, 0) is 11.2 Å². The number of nitrogens with zero attached hydrogens (tertiary/aromatic N) is 4. The molecule has 152 valence electrons. The lowest BCUT2D eigenvalue weighted by atomic mass is 10.1. The second-order valence-electron chi connectivity index (χ2n) is 7.08. The number of Topliss-reactive ketones (excluding diaryl/α,β-unsaturated/α-hetero) is 1. The van der Waals surface area contributed by atoms with Crippen molar-refractivity contribution < 1.29 is 9.21 Å². The second-order valence-corrected chi connectivity index (χ2v) is 8.02. The van der Waals surface area contributed by atoms with Gasteiger partial charge in [-0.15, -0.1) is 10.2 Å². The zero-order valence-corrected chi connectivity index (χ0v) is 17.7. The summed E-state index contributed by atoms with van der Waals surface area (Å²) in [5.41, 5.74) is 4.18. The summed E-state index contributed by atoms with van der Waals surface area (Å²) in [5, 5.41) is 9.50. The highest BCUT2D eigenvalue weighted by molar-refractivity contribution is 7.99. The van der Waals surface area contributed by atoms with E-state index in [1.807, 2.05) is 28.8 Å². The summed E-state index contributed by atoms with van der Waals surface area (Å²) in [6.45, 7) is 4.14. The minimum absolute atomic E-state index is 0.148. The van der Waals surface area contributed by atoms with Gasteiger partial charge in [0, 0.05) is 30.8 Å². The van der Waals surface area contributed by atoms with Crippen molar-refractivity contribution in [2.24, 2.45) is 0 Å². The van der Waals surface area contributed by atoms with Gasteiger partial charge in [0.15, 0.2) is 11.0 Å². The molecule has 0 N–H and O–H groups in total. The monoisotopic (exact) mass is 418 g/mol. The van der Waals surface area contributed by atoms with Gasteiger partial charge in [0.05, 0.1) is 17.7 Å². The van der Waals surface area contributed by atoms with Crippen molar-refractivity contribution in [3.8, 4) is 17.1 Å². The normalized spacial score (nSPS) is 11.0. The van der Waals surface area contributed by atoms with Crippen LogP contribution in [0, 0.1) is 13.8 Å². The van der Waals surface area contributed by atoms with Crippen LogP contribution < -0.4 is 0 Å². The second kappa shape index (κ2) is 9.09. The van der Waals surface area contributed by atoms with Crippen molar-refractivity contribution in [3.63, 3.8) is 0 Å². The van der Waals surface area contributed by atoms with Crippen molar-refractivity contribution in [1.29, 1.82) is 0 Å². The zero-order chi connectivity index (χ0) is 20.9. The summed E-state index contributed by atoms with van der Waals surface area (Å²) < 4.78 is 7.32. The summed E-state index contributed by atoms with van der Waals surface area (Å²) in [5.74, 6) is 2.01. The summed E-state index contributed by atoms with van der Waals surface area (Å²) in [6.07, 6.45) is 6.17. The smallest absolute Gasteiger partial charge is 0.196 e. The third kappa shape index (κ3) is 4.52. The van der Waals surface area contributed by atoms with Gasteiger partial charge in [-0.3, -0.25) is 14.3 Å². The average Bonchev–Trinajstić information content (AvgIpc) is 3.41. The molecule has 0 spiro atoms. The highest BCUT2D eigenvalue weighted by Crippen LogP contribution is 2.29. The van der Waals surface area contributed by atoms with E-state index in [1.165, 1.54) is 17.3 Å². The number of pyridine rings is 1. The quantitative estimate of drug-likeness (QED) is 0.382. The number of rotatable bonds is 8. The molecule has 0 atom stereocenters. The number of furan rings is 1. The Hall–Kier alpha value is -3.19. The molecule has 0 aliphatic heterocycles. The first-order chi connectivity index (χ1) is 14.6. The van der Waals surface area contributed by atoms with Gasteiger partial charge in [-0.1, -0.05) is 29.5 Å². The van der Waals surface area contributed by atoms with Crippen LogP contribution in [0.3, 0.4) is 0 Å². The molecule has 0 fully saturated rings. The molecule has 6 nitrogen and oxygen atoms in total. The third-order valence-electron chi connectivity index (χ3n) is 4.74. The third-order valence-corrected chi connectivity index (χ3v) is 5.73. The van der Waals surface area contributed by atoms with Crippen molar-refractivity contribution >= 4 is 17.5 Å². The largest absolute Gasteiger partial charge is 0.469 e. The highest BCUT2D eigenvalue weighted by Gasteiger charge is 2.19. The number of benzene rings is 1. The molecule has 1 aromatic carbocycles. The maximum absolute atomic E-state index is 12.4. The van der Waals surface area contributed by atoms with Crippen LogP contribution in [0.15, 0.2) is 70.7 Å². The number of carbonyl (C=O) groups excluding carboxylic acids is 1. The van der Waals surface area contributed by atoms with E-state index in [0.717, 1.165) is 22.6 Å². The van der Waals surface area contributed by atoms with Gasteiger partial charge in [0.2, 0.25) is 0 Å². The van der Waals surface area contributed by atoms with Crippen LogP contribution in [0.25, 0.3) is 17.1 Å². The lowest BCUT2D eigenvalue weighted by Gasteiger charge is -2.13. The maximum atomic E-state index is 12.4. The van der Waals surface area contributed by atoms with Gasteiger partial charge in [0.1, 0.15) is 11.5 Å². The van der Waals surface area contributed by atoms with Gasteiger partial charge in [-0.2, -0.15) is 0 Å². The lowest BCUT2D eigenvalue weighted by Crippen LogP contribution is -2.06. The van der Waals surface area contributed by atoms with E-state index in [2.05, 4.69) is 47.2 Å². The Kier molecular flexibility index (Phi) is 6.09. The molecule has 0 aliphatic rings.